The molecule has 0 bridgehead atoms. The van der Waals surface area contributed by atoms with Gasteiger partial charge in [-0.15, -0.1) is 10.2 Å². The summed E-state index contributed by atoms with van der Waals surface area (Å²) in [6.07, 6.45) is 0.775. The van der Waals surface area contributed by atoms with Crippen LogP contribution in [0.2, 0.25) is 0 Å². The maximum atomic E-state index is 11.7. The van der Waals surface area contributed by atoms with Gasteiger partial charge in [-0.05, 0) is 18.1 Å². The maximum absolute atomic E-state index is 11.7. The third-order valence-electron chi connectivity index (χ3n) is 3.88. The first-order chi connectivity index (χ1) is 11.6. The number of aliphatic hydroxyl groups excluding tert-OH is 1. The van der Waals surface area contributed by atoms with Crippen LogP contribution in [0.15, 0.2) is 34.7 Å². The molecule has 130 valence electrons. The summed E-state index contributed by atoms with van der Waals surface area (Å²) in [7, 11) is 0. The van der Waals surface area contributed by atoms with Gasteiger partial charge in [-0.1, -0.05) is 38.5 Å². The van der Waals surface area contributed by atoms with Gasteiger partial charge in [0.1, 0.15) is 0 Å². The molecule has 7 heteroatoms. The van der Waals surface area contributed by atoms with Gasteiger partial charge in [0.15, 0.2) is 0 Å². The molecule has 1 aromatic carbocycles. The van der Waals surface area contributed by atoms with E-state index in [1.165, 1.54) is 0 Å². The van der Waals surface area contributed by atoms with Crippen LogP contribution in [-0.4, -0.2) is 40.5 Å². The Balaban J connectivity index is 1.71. The summed E-state index contributed by atoms with van der Waals surface area (Å²) in [6.45, 7) is 4.56. The molecule has 0 aliphatic rings. The van der Waals surface area contributed by atoms with Gasteiger partial charge in [-0.25, -0.2) is 4.79 Å². The Morgan fingerprint density at radius 3 is 2.71 bits per heavy atom. The van der Waals surface area contributed by atoms with Gasteiger partial charge in [-0.3, -0.25) is 0 Å². The molecule has 2 rings (SSSR count). The van der Waals surface area contributed by atoms with E-state index in [-0.39, 0.29) is 18.5 Å². The van der Waals surface area contributed by atoms with Crippen LogP contribution in [-0.2, 0) is 6.42 Å². The summed E-state index contributed by atoms with van der Waals surface area (Å²) in [5, 5.41) is 23.1. The summed E-state index contributed by atoms with van der Waals surface area (Å²) < 4.78 is 5.56. The molecule has 24 heavy (non-hydrogen) atoms. The first-order valence-electron chi connectivity index (χ1n) is 8.17. The number of carbonyl (C=O) groups excluding carboxylic acids is 1. The van der Waals surface area contributed by atoms with E-state index in [9.17, 15) is 9.90 Å². The van der Waals surface area contributed by atoms with Gasteiger partial charge < -0.3 is 20.2 Å². The molecule has 2 unspecified atom stereocenters. The Kier molecular flexibility index (Phi) is 6.74. The second kappa shape index (κ2) is 9.02. The first-order valence-corrected chi connectivity index (χ1v) is 8.17. The minimum atomic E-state index is -0.537. The van der Waals surface area contributed by atoms with Crippen LogP contribution in [0.1, 0.15) is 26.2 Å². The zero-order chi connectivity index (χ0) is 17.4. The molecule has 1 heterocycles. The number of carbonyl (C=O) groups is 1. The van der Waals surface area contributed by atoms with E-state index in [1.807, 2.05) is 44.2 Å². The third-order valence-corrected chi connectivity index (χ3v) is 3.88. The Bertz CT molecular complexity index is 630. The van der Waals surface area contributed by atoms with E-state index in [2.05, 4.69) is 20.8 Å². The normalized spacial score (nSPS) is 13.3. The van der Waals surface area contributed by atoms with Gasteiger partial charge >= 0.3 is 6.03 Å². The smallest absolute Gasteiger partial charge is 0.314 e. The number of benzene rings is 1. The summed E-state index contributed by atoms with van der Waals surface area (Å²) in [4.78, 5) is 11.7. The van der Waals surface area contributed by atoms with Crippen molar-refractivity contribution >= 4 is 6.03 Å². The molecule has 7 nitrogen and oxygen atoms in total. The molecule has 0 saturated heterocycles. The summed E-state index contributed by atoms with van der Waals surface area (Å²) in [6, 6.07) is 9.19. The largest absolute Gasteiger partial charge is 0.421 e. The van der Waals surface area contributed by atoms with E-state index in [4.69, 9.17) is 4.42 Å². The van der Waals surface area contributed by atoms with Crippen molar-refractivity contribution in [2.75, 3.05) is 13.1 Å². The van der Waals surface area contributed by atoms with Gasteiger partial charge in [-0.2, -0.15) is 0 Å². The molecule has 0 aliphatic carbocycles. The van der Waals surface area contributed by atoms with E-state index in [0.29, 0.717) is 24.7 Å². The topological polar surface area (TPSA) is 100 Å². The summed E-state index contributed by atoms with van der Waals surface area (Å²) in [5.74, 6) is 1.08. The van der Waals surface area contributed by atoms with Crippen molar-refractivity contribution in [2.24, 2.45) is 5.92 Å². The lowest BCUT2D eigenvalue weighted by atomic mass is 10.0. The fourth-order valence-corrected chi connectivity index (χ4v) is 2.07. The highest BCUT2D eigenvalue weighted by Gasteiger charge is 2.13. The fourth-order valence-electron chi connectivity index (χ4n) is 2.07. The van der Waals surface area contributed by atoms with Crippen molar-refractivity contribution in [3.63, 3.8) is 0 Å². The number of nitrogens with zero attached hydrogens (tertiary/aromatic N) is 2. The molecule has 0 aliphatic heterocycles. The van der Waals surface area contributed by atoms with Crippen molar-refractivity contribution in [2.45, 2.75) is 32.8 Å². The maximum Gasteiger partial charge on any atom is 0.314 e. The monoisotopic (exact) mass is 332 g/mol. The van der Waals surface area contributed by atoms with Gasteiger partial charge in [0, 0.05) is 25.1 Å². The second-order valence-electron chi connectivity index (χ2n) is 5.71. The van der Waals surface area contributed by atoms with Crippen molar-refractivity contribution in [1.29, 1.82) is 0 Å². The molecular formula is C17H24N4O3. The van der Waals surface area contributed by atoms with E-state index in [1.54, 1.807) is 0 Å². The Morgan fingerprint density at radius 1 is 1.25 bits per heavy atom. The Morgan fingerprint density at radius 2 is 2.00 bits per heavy atom. The van der Waals surface area contributed by atoms with Crippen LogP contribution >= 0.6 is 0 Å². The number of aliphatic hydroxyl groups is 1. The highest BCUT2D eigenvalue weighted by atomic mass is 16.4. The lowest BCUT2D eigenvalue weighted by Gasteiger charge is -2.17. The molecule has 3 N–H and O–H groups in total. The zero-order valence-corrected chi connectivity index (χ0v) is 14.0. The number of nitrogens with one attached hydrogen (secondary N) is 2. The quantitative estimate of drug-likeness (QED) is 0.686. The molecule has 2 aromatic rings. The predicted octanol–water partition coefficient (Wildman–Crippen LogP) is 1.99. The van der Waals surface area contributed by atoms with Crippen LogP contribution in [0.25, 0.3) is 11.5 Å². The SMILES string of the molecule is CCC(C)C(O)CNC(=O)NCCc1nnc(-c2ccccc2)o1. The van der Waals surface area contributed by atoms with Crippen molar-refractivity contribution in [3.8, 4) is 11.5 Å². The molecule has 0 radical (unpaired) electrons. The Hall–Kier alpha value is -2.41. The van der Waals surface area contributed by atoms with Crippen LogP contribution in [0.4, 0.5) is 4.79 Å². The molecule has 2 amide bonds. The number of amides is 2. The minimum absolute atomic E-state index is 0.153. The second-order valence-corrected chi connectivity index (χ2v) is 5.71. The van der Waals surface area contributed by atoms with Crippen molar-refractivity contribution in [1.82, 2.24) is 20.8 Å². The van der Waals surface area contributed by atoms with Crippen LogP contribution < -0.4 is 10.6 Å². The lowest BCUT2D eigenvalue weighted by molar-refractivity contribution is 0.114. The summed E-state index contributed by atoms with van der Waals surface area (Å²) >= 11 is 0. The highest BCUT2D eigenvalue weighted by Crippen LogP contribution is 2.16. The van der Waals surface area contributed by atoms with Gasteiger partial charge in [0.2, 0.25) is 11.8 Å². The van der Waals surface area contributed by atoms with E-state index < -0.39 is 6.10 Å². The number of aromatic nitrogens is 2. The third kappa shape index (κ3) is 5.34. The molecule has 0 fully saturated rings. The zero-order valence-electron chi connectivity index (χ0n) is 14.0. The fraction of sp³-hybridized carbons (Fsp3) is 0.471. The van der Waals surface area contributed by atoms with Crippen LogP contribution in [0.3, 0.4) is 0 Å². The van der Waals surface area contributed by atoms with E-state index >= 15 is 0 Å². The molecular weight excluding hydrogens is 308 g/mol. The lowest BCUT2D eigenvalue weighted by Crippen LogP contribution is -2.42. The van der Waals surface area contributed by atoms with Crippen molar-refractivity contribution in [3.05, 3.63) is 36.2 Å². The standard InChI is InChI=1S/C17H24N4O3/c1-3-12(2)14(22)11-19-17(23)18-10-9-15-20-21-16(24-15)13-7-5-4-6-8-13/h4-8,12,14,22H,3,9-11H2,1-2H3,(H2,18,19,23). The van der Waals surface area contributed by atoms with Crippen LogP contribution in [0.5, 0.6) is 0 Å². The van der Waals surface area contributed by atoms with E-state index in [0.717, 1.165) is 12.0 Å². The average molecular weight is 332 g/mol. The van der Waals surface area contributed by atoms with Gasteiger partial charge in [0.25, 0.3) is 0 Å². The average Bonchev–Trinajstić information content (AvgIpc) is 3.08. The molecule has 0 saturated carbocycles. The molecule has 1 aromatic heterocycles. The minimum Gasteiger partial charge on any atom is -0.421 e. The molecule has 2 atom stereocenters. The predicted molar refractivity (Wildman–Crippen MR) is 90.3 cm³/mol. The number of hydrogen-bond donors (Lipinski definition) is 3. The number of urea groups is 1. The molecule has 0 spiro atoms. The summed E-state index contributed by atoms with van der Waals surface area (Å²) in [5.41, 5.74) is 0.862. The highest BCUT2D eigenvalue weighted by molar-refractivity contribution is 5.73. The van der Waals surface area contributed by atoms with Gasteiger partial charge in [0.05, 0.1) is 6.10 Å². The van der Waals surface area contributed by atoms with Crippen molar-refractivity contribution < 1.29 is 14.3 Å². The first kappa shape index (κ1) is 17.9. The Labute approximate surface area is 141 Å². The van der Waals surface area contributed by atoms with Crippen LogP contribution in [0, 0.1) is 5.92 Å². The number of rotatable bonds is 8. The number of hydrogen-bond acceptors (Lipinski definition) is 5.